The number of ether oxygens (including phenoxy) is 2. The Morgan fingerprint density at radius 2 is 2.10 bits per heavy atom. The molecule has 0 unspecified atom stereocenters. The van der Waals surface area contributed by atoms with E-state index in [0.717, 1.165) is 35.3 Å². The molecule has 1 aliphatic carbocycles. The first-order valence-corrected chi connectivity index (χ1v) is 10.7. The van der Waals surface area contributed by atoms with Crippen LogP contribution in [0.25, 0.3) is 0 Å². The molecule has 150 valence electrons. The largest absolute Gasteiger partial charge is 0.489 e. The van der Waals surface area contributed by atoms with Crippen LogP contribution in [0.2, 0.25) is 0 Å². The summed E-state index contributed by atoms with van der Waals surface area (Å²) in [4.78, 5) is 26.6. The van der Waals surface area contributed by atoms with Crippen LogP contribution in [0.3, 0.4) is 0 Å². The first kappa shape index (κ1) is 19.6. The highest BCUT2D eigenvalue weighted by molar-refractivity contribution is 7.17. The molecule has 0 radical (unpaired) electrons. The molecule has 0 spiro atoms. The lowest BCUT2D eigenvalue weighted by Gasteiger charge is -2.06. The Bertz CT molecular complexity index is 1070. The number of rotatable bonds is 6. The van der Waals surface area contributed by atoms with Gasteiger partial charge in [0.05, 0.1) is 17.6 Å². The predicted molar refractivity (Wildman–Crippen MR) is 111 cm³/mol. The molecule has 1 amide bonds. The number of thiophene rings is 2. The Balaban J connectivity index is 1.45. The zero-order chi connectivity index (χ0) is 20.4. The van der Waals surface area contributed by atoms with E-state index in [-0.39, 0.29) is 18.3 Å². The Kier molecular flexibility index (Phi) is 5.64. The Morgan fingerprint density at radius 3 is 2.90 bits per heavy atom. The van der Waals surface area contributed by atoms with Gasteiger partial charge in [-0.3, -0.25) is 4.79 Å². The summed E-state index contributed by atoms with van der Waals surface area (Å²) in [7, 11) is 1.34. The van der Waals surface area contributed by atoms with E-state index in [1.54, 1.807) is 18.2 Å². The molecule has 0 bridgehead atoms. The molecule has 0 fully saturated rings. The number of hydrogen-bond donors (Lipinski definition) is 1. The Hall–Kier alpha value is -2.71. The second-order valence-corrected chi connectivity index (χ2v) is 8.59. The minimum atomic E-state index is -0.421. The van der Waals surface area contributed by atoms with Crippen molar-refractivity contribution in [3.63, 3.8) is 0 Å². The third-order valence-corrected chi connectivity index (χ3v) is 6.80. The molecule has 1 aromatic carbocycles. The second-order valence-electron chi connectivity index (χ2n) is 6.57. The van der Waals surface area contributed by atoms with Crippen molar-refractivity contribution in [3.05, 3.63) is 68.0 Å². The molecule has 0 saturated heterocycles. The van der Waals surface area contributed by atoms with Crippen LogP contribution in [0.1, 0.15) is 42.5 Å². The van der Waals surface area contributed by atoms with E-state index in [0.29, 0.717) is 21.2 Å². The van der Waals surface area contributed by atoms with E-state index in [2.05, 4.69) is 5.32 Å². The second kappa shape index (κ2) is 8.34. The molecule has 4 rings (SSSR count). The van der Waals surface area contributed by atoms with Crippen LogP contribution in [-0.2, 0) is 24.2 Å². The number of benzene rings is 1. The lowest BCUT2D eigenvalue weighted by molar-refractivity contribution is 0.0601. The van der Waals surface area contributed by atoms with Crippen molar-refractivity contribution in [1.82, 2.24) is 0 Å². The lowest BCUT2D eigenvalue weighted by atomic mass is 10.1. The smallest absolute Gasteiger partial charge is 0.341 e. The van der Waals surface area contributed by atoms with E-state index < -0.39 is 5.97 Å². The number of carbonyl (C=O) groups excluding carboxylic acids is 2. The zero-order valence-corrected chi connectivity index (χ0v) is 17.3. The maximum atomic E-state index is 13.2. The van der Waals surface area contributed by atoms with Crippen LogP contribution in [-0.4, -0.2) is 19.0 Å². The number of fused-ring (bicyclic) bond motifs is 1. The average Bonchev–Trinajstić information content (AvgIpc) is 3.42. The van der Waals surface area contributed by atoms with Gasteiger partial charge in [0, 0.05) is 16.5 Å². The van der Waals surface area contributed by atoms with Crippen molar-refractivity contribution < 1.29 is 23.5 Å². The van der Waals surface area contributed by atoms with Gasteiger partial charge >= 0.3 is 5.97 Å². The highest BCUT2D eigenvalue weighted by Gasteiger charge is 2.28. The molecule has 5 nitrogen and oxygen atoms in total. The van der Waals surface area contributed by atoms with Crippen LogP contribution >= 0.6 is 22.7 Å². The molecule has 0 aliphatic heterocycles. The quantitative estimate of drug-likeness (QED) is 0.555. The van der Waals surface area contributed by atoms with Gasteiger partial charge < -0.3 is 14.8 Å². The third-order valence-electron chi connectivity index (χ3n) is 4.62. The third kappa shape index (κ3) is 4.18. The van der Waals surface area contributed by atoms with Gasteiger partial charge in [-0.2, -0.15) is 0 Å². The van der Waals surface area contributed by atoms with Crippen molar-refractivity contribution in [2.24, 2.45) is 0 Å². The van der Waals surface area contributed by atoms with Gasteiger partial charge in [0.15, 0.2) is 0 Å². The molecule has 2 aromatic heterocycles. The molecule has 3 aromatic rings. The van der Waals surface area contributed by atoms with E-state index in [9.17, 15) is 14.0 Å². The van der Waals surface area contributed by atoms with Gasteiger partial charge in [-0.15, -0.1) is 22.7 Å². The van der Waals surface area contributed by atoms with Gasteiger partial charge in [0.25, 0.3) is 5.91 Å². The number of aryl methyl sites for hydroxylation is 1. The van der Waals surface area contributed by atoms with Crippen LogP contribution in [0.4, 0.5) is 9.39 Å². The Labute approximate surface area is 175 Å². The van der Waals surface area contributed by atoms with Crippen LogP contribution < -0.4 is 10.1 Å². The molecule has 0 saturated carbocycles. The number of nitrogens with one attached hydrogen (secondary N) is 1. The fourth-order valence-electron chi connectivity index (χ4n) is 3.27. The van der Waals surface area contributed by atoms with Crippen LogP contribution in [0.15, 0.2) is 35.7 Å². The number of halogens is 1. The van der Waals surface area contributed by atoms with Crippen molar-refractivity contribution in [2.75, 3.05) is 12.4 Å². The Morgan fingerprint density at radius 1 is 1.24 bits per heavy atom. The van der Waals surface area contributed by atoms with E-state index in [1.807, 2.05) is 5.38 Å². The number of esters is 1. The fourth-order valence-corrected chi connectivity index (χ4v) is 5.33. The molecule has 2 heterocycles. The lowest BCUT2D eigenvalue weighted by Crippen LogP contribution is -2.13. The van der Waals surface area contributed by atoms with Gasteiger partial charge in [0.1, 0.15) is 23.2 Å². The van der Waals surface area contributed by atoms with Crippen LogP contribution in [0, 0.1) is 5.82 Å². The first-order valence-electron chi connectivity index (χ1n) is 9.05. The van der Waals surface area contributed by atoms with E-state index >= 15 is 0 Å². The van der Waals surface area contributed by atoms with Crippen molar-refractivity contribution in [3.8, 4) is 5.75 Å². The summed E-state index contributed by atoms with van der Waals surface area (Å²) in [5, 5.41) is 5.23. The topological polar surface area (TPSA) is 64.6 Å². The summed E-state index contributed by atoms with van der Waals surface area (Å²) in [5.74, 6) is -0.637. The van der Waals surface area contributed by atoms with Gasteiger partial charge in [-0.25, -0.2) is 9.18 Å². The number of anilines is 1. The molecule has 0 atom stereocenters. The van der Waals surface area contributed by atoms with E-state index in [4.69, 9.17) is 9.47 Å². The minimum absolute atomic E-state index is 0.230. The highest BCUT2D eigenvalue weighted by Crippen LogP contribution is 2.39. The van der Waals surface area contributed by atoms with Crippen molar-refractivity contribution >= 4 is 39.6 Å². The average molecular weight is 432 g/mol. The van der Waals surface area contributed by atoms with Gasteiger partial charge in [-0.1, -0.05) is 6.07 Å². The monoisotopic (exact) mass is 431 g/mol. The maximum Gasteiger partial charge on any atom is 0.341 e. The zero-order valence-electron chi connectivity index (χ0n) is 15.6. The first-order chi connectivity index (χ1) is 14.0. The van der Waals surface area contributed by atoms with Crippen LogP contribution in [0.5, 0.6) is 5.75 Å². The molecular formula is C21H18FNO4S2. The predicted octanol–water partition coefficient (Wildman–Crippen LogP) is 5.06. The number of carbonyl (C=O) groups is 2. The SMILES string of the molecule is COC(=O)c1c(NC(=O)c2cc(COc3cccc(F)c3)cs2)sc2c1CCC2. The fraction of sp³-hybridized carbons (Fsp3) is 0.238. The number of hydrogen-bond acceptors (Lipinski definition) is 6. The highest BCUT2D eigenvalue weighted by atomic mass is 32.1. The normalized spacial score (nSPS) is 12.5. The summed E-state index contributed by atoms with van der Waals surface area (Å²) in [6.07, 6.45) is 2.76. The van der Waals surface area contributed by atoms with Gasteiger partial charge in [-0.05, 0) is 48.4 Å². The summed E-state index contributed by atoms with van der Waals surface area (Å²) < 4.78 is 23.7. The summed E-state index contributed by atoms with van der Waals surface area (Å²) in [6, 6.07) is 7.65. The molecular weight excluding hydrogens is 413 g/mol. The molecule has 29 heavy (non-hydrogen) atoms. The number of methoxy groups -OCH3 is 1. The molecule has 1 N–H and O–H groups in total. The van der Waals surface area contributed by atoms with E-state index in [1.165, 1.54) is 41.9 Å². The van der Waals surface area contributed by atoms with Crippen molar-refractivity contribution in [1.29, 1.82) is 0 Å². The molecule has 8 heteroatoms. The number of amides is 1. The molecule has 1 aliphatic rings. The summed E-state index contributed by atoms with van der Waals surface area (Å²) >= 11 is 2.73. The summed E-state index contributed by atoms with van der Waals surface area (Å²) in [6.45, 7) is 0.230. The van der Waals surface area contributed by atoms with Crippen molar-refractivity contribution in [2.45, 2.75) is 25.9 Å². The minimum Gasteiger partial charge on any atom is -0.489 e. The summed E-state index contributed by atoms with van der Waals surface area (Å²) in [5.41, 5.74) is 2.28. The standard InChI is InChI=1S/C21H18FNO4S2/c1-26-21(25)18-15-6-3-7-16(15)29-20(18)23-19(24)17-8-12(11-28-17)10-27-14-5-2-4-13(22)9-14/h2,4-5,8-9,11H,3,6-7,10H2,1H3,(H,23,24). The maximum absolute atomic E-state index is 13.2. The van der Waals surface area contributed by atoms with Gasteiger partial charge in [0.2, 0.25) is 0 Å².